The monoisotopic (exact) mass is 370 g/mol. The number of halogens is 2. The third-order valence-electron chi connectivity index (χ3n) is 2.20. The van der Waals surface area contributed by atoms with Crippen molar-refractivity contribution in [1.29, 1.82) is 0 Å². The standard InChI is InChI=1S/C9H7NO.C5H5.2ClH.Zr/c11-8-5-1-3-7-4-2-6-10-9(7)8;1-2-4-5-3-1;;;/h1-6,11H;1-3H,4H2;2*1H;/q;-1;;;+3/p-2. The van der Waals surface area contributed by atoms with Crippen LogP contribution in [0.3, 0.4) is 0 Å². The summed E-state index contributed by atoms with van der Waals surface area (Å²) >= 11 is 0. The first kappa shape index (κ1) is 20.7. The van der Waals surface area contributed by atoms with Crippen molar-refractivity contribution >= 4 is 10.9 Å². The number of aromatic hydroxyl groups is 1. The zero-order chi connectivity index (χ0) is 11.2. The topological polar surface area (TPSA) is 33.1 Å². The predicted octanol–water partition coefficient (Wildman–Crippen LogP) is -2.75. The van der Waals surface area contributed by atoms with Crippen LogP contribution in [0.4, 0.5) is 0 Å². The van der Waals surface area contributed by atoms with Gasteiger partial charge in [-0.1, -0.05) is 18.2 Å². The Morgan fingerprint density at radius 1 is 1.11 bits per heavy atom. The van der Waals surface area contributed by atoms with E-state index in [1.165, 1.54) is 0 Å². The second-order valence-electron chi connectivity index (χ2n) is 3.36. The van der Waals surface area contributed by atoms with Gasteiger partial charge in [0.2, 0.25) is 0 Å². The molecule has 0 bridgehead atoms. The van der Waals surface area contributed by atoms with Crippen LogP contribution < -0.4 is 24.8 Å². The Morgan fingerprint density at radius 3 is 2.37 bits per heavy atom. The van der Waals surface area contributed by atoms with Gasteiger partial charge in [-0.3, -0.25) is 11.1 Å². The number of benzene rings is 1. The number of hydrogen-bond acceptors (Lipinski definition) is 2. The maximum Gasteiger partial charge on any atom is 3.00 e. The third kappa shape index (κ3) is 6.38. The number of para-hydroxylation sites is 1. The Kier molecular flexibility index (Phi) is 12.2. The van der Waals surface area contributed by atoms with E-state index in [0.717, 1.165) is 11.8 Å². The maximum atomic E-state index is 9.31. The molecular formula is C14H12Cl2NOZr. The number of rotatable bonds is 0. The summed E-state index contributed by atoms with van der Waals surface area (Å²) in [6.07, 6.45) is 11.7. The van der Waals surface area contributed by atoms with Gasteiger partial charge >= 0.3 is 26.2 Å². The Hall–Kier alpha value is -0.627. The minimum absolute atomic E-state index is 0. The number of hydrogen-bond donors (Lipinski definition) is 1. The number of allylic oxidation sites excluding steroid dienone is 4. The first-order valence-corrected chi connectivity index (χ1v) is 5.12. The molecule has 19 heavy (non-hydrogen) atoms. The molecule has 0 spiro atoms. The first-order chi connectivity index (χ1) is 7.88. The van der Waals surface area contributed by atoms with Crippen LogP contribution in [0.5, 0.6) is 5.75 Å². The van der Waals surface area contributed by atoms with E-state index in [9.17, 15) is 5.11 Å². The van der Waals surface area contributed by atoms with Crippen LogP contribution in [0.2, 0.25) is 0 Å². The largest absolute Gasteiger partial charge is 3.00 e. The van der Waals surface area contributed by atoms with Crippen LogP contribution in [0.15, 0.2) is 54.8 Å². The van der Waals surface area contributed by atoms with E-state index in [-0.39, 0.29) is 56.8 Å². The van der Waals surface area contributed by atoms with Gasteiger partial charge in [0.25, 0.3) is 0 Å². The van der Waals surface area contributed by atoms with E-state index in [0.29, 0.717) is 5.52 Å². The molecule has 0 atom stereocenters. The van der Waals surface area contributed by atoms with E-state index in [1.54, 1.807) is 18.3 Å². The van der Waals surface area contributed by atoms with Crippen molar-refractivity contribution in [3.05, 3.63) is 60.8 Å². The van der Waals surface area contributed by atoms with E-state index in [4.69, 9.17) is 0 Å². The van der Waals surface area contributed by atoms with E-state index in [1.807, 2.05) is 30.4 Å². The SMILES string of the molecule is Oc1cccc2cccnc12.[C-]1=CC=CC1.[Cl-].[Cl-].[Zr+3]. The molecule has 5 heteroatoms. The number of phenols is 1. The van der Waals surface area contributed by atoms with E-state index in [2.05, 4.69) is 17.1 Å². The van der Waals surface area contributed by atoms with E-state index >= 15 is 0 Å². The van der Waals surface area contributed by atoms with E-state index < -0.39 is 0 Å². The van der Waals surface area contributed by atoms with Crippen LogP contribution in [0.25, 0.3) is 10.9 Å². The summed E-state index contributed by atoms with van der Waals surface area (Å²) in [7, 11) is 0. The molecule has 0 saturated carbocycles. The van der Waals surface area contributed by atoms with Gasteiger partial charge in [0.05, 0.1) is 0 Å². The summed E-state index contributed by atoms with van der Waals surface area (Å²) in [6.45, 7) is 0. The summed E-state index contributed by atoms with van der Waals surface area (Å²) in [4.78, 5) is 4.03. The molecule has 1 radical (unpaired) electrons. The van der Waals surface area contributed by atoms with Crippen LogP contribution >= 0.6 is 0 Å². The quantitative estimate of drug-likeness (QED) is 0.509. The molecule has 1 aromatic heterocycles. The fraction of sp³-hybridized carbons (Fsp3) is 0.0714. The summed E-state index contributed by atoms with van der Waals surface area (Å²) in [5.74, 6) is 0.239. The summed E-state index contributed by atoms with van der Waals surface area (Å²) in [6, 6.07) is 9.13. The second-order valence-corrected chi connectivity index (χ2v) is 3.36. The Balaban J connectivity index is 0. The molecule has 97 valence electrons. The van der Waals surface area contributed by atoms with Crippen molar-refractivity contribution in [2.24, 2.45) is 0 Å². The molecule has 2 nitrogen and oxygen atoms in total. The minimum atomic E-state index is 0. The summed E-state index contributed by atoms with van der Waals surface area (Å²) in [5.41, 5.74) is 0.662. The van der Waals surface area contributed by atoms with Crippen molar-refractivity contribution in [3.8, 4) is 5.75 Å². The van der Waals surface area contributed by atoms with Crippen LogP contribution in [0.1, 0.15) is 6.42 Å². The normalized spacial score (nSPS) is 10.5. The first-order valence-electron chi connectivity index (χ1n) is 5.12. The van der Waals surface area contributed by atoms with Gasteiger partial charge in [-0.05, 0) is 12.1 Å². The Morgan fingerprint density at radius 2 is 1.84 bits per heavy atom. The zero-order valence-corrected chi connectivity index (χ0v) is 14.0. The molecule has 1 N–H and O–H groups in total. The van der Waals surface area contributed by atoms with Gasteiger partial charge in [0.15, 0.2) is 0 Å². The van der Waals surface area contributed by atoms with Gasteiger partial charge < -0.3 is 29.9 Å². The van der Waals surface area contributed by atoms with Crippen molar-refractivity contribution in [2.45, 2.75) is 6.42 Å². The van der Waals surface area contributed by atoms with Crippen LogP contribution in [0, 0.1) is 6.08 Å². The smallest absolute Gasteiger partial charge is 1.00 e. The minimum Gasteiger partial charge on any atom is -1.00 e. The fourth-order valence-electron chi connectivity index (χ4n) is 1.43. The summed E-state index contributed by atoms with van der Waals surface area (Å²) in [5, 5.41) is 10.3. The molecule has 1 aromatic carbocycles. The molecule has 0 amide bonds. The van der Waals surface area contributed by atoms with Gasteiger partial charge in [0, 0.05) is 11.6 Å². The average molecular weight is 372 g/mol. The number of aromatic nitrogens is 1. The van der Waals surface area contributed by atoms with Crippen LogP contribution in [-0.4, -0.2) is 10.1 Å². The second kappa shape index (κ2) is 11.2. The number of nitrogens with zero attached hydrogens (tertiary/aromatic N) is 1. The molecule has 1 aliphatic carbocycles. The van der Waals surface area contributed by atoms with Crippen molar-refractivity contribution in [2.75, 3.05) is 0 Å². The molecule has 1 heterocycles. The van der Waals surface area contributed by atoms with Crippen molar-refractivity contribution in [1.82, 2.24) is 4.98 Å². The van der Waals surface area contributed by atoms with Gasteiger partial charge in [-0.15, -0.1) is 6.42 Å². The molecule has 0 fully saturated rings. The molecule has 1 aliphatic rings. The number of phenolic OH excluding ortho intramolecular Hbond substituents is 1. The van der Waals surface area contributed by atoms with Crippen molar-refractivity contribution < 1.29 is 56.1 Å². The Bertz CT molecular complexity index is 528. The van der Waals surface area contributed by atoms with Gasteiger partial charge in [-0.2, -0.15) is 6.08 Å². The Labute approximate surface area is 144 Å². The van der Waals surface area contributed by atoms with Crippen molar-refractivity contribution in [3.63, 3.8) is 0 Å². The zero-order valence-electron chi connectivity index (χ0n) is 10.1. The molecule has 0 aliphatic heterocycles. The van der Waals surface area contributed by atoms with Gasteiger partial charge in [0.1, 0.15) is 11.3 Å². The van der Waals surface area contributed by atoms with Gasteiger partial charge in [-0.25, -0.2) is 12.2 Å². The molecule has 0 saturated heterocycles. The number of pyridine rings is 1. The third-order valence-corrected chi connectivity index (χ3v) is 2.20. The predicted molar refractivity (Wildman–Crippen MR) is 65.0 cm³/mol. The molecule has 0 unspecified atom stereocenters. The molecular weight excluding hydrogens is 360 g/mol. The molecule has 2 aromatic rings. The maximum absolute atomic E-state index is 9.31. The number of fused-ring (bicyclic) bond motifs is 1. The average Bonchev–Trinajstić information content (AvgIpc) is 2.88. The summed E-state index contributed by atoms with van der Waals surface area (Å²) < 4.78 is 0. The van der Waals surface area contributed by atoms with Crippen LogP contribution in [-0.2, 0) is 26.2 Å². The fourth-order valence-corrected chi connectivity index (χ4v) is 1.43. The molecule has 3 rings (SSSR count).